The Balaban J connectivity index is 2.33. The minimum atomic E-state index is -0.161. The van der Waals surface area contributed by atoms with Crippen LogP contribution in [-0.4, -0.2) is 31.7 Å². The van der Waals surface area contributed by atoms with Crippen LogP contribution < -0.4 is 0 Å². The van der Waals surface area contributed by atoms with Gasteiger partial charge in [0.2, 0.25) is 0 Å². The second-order valence-electron chi connectivity index (χ2n) is 4.27. The molecule has 0 radical (unpaired) electrons. The van der Waals surface area contributed by atoms with Crippen LogP contribution in [0.4, 0.5) is 4.39 Å². The van der Waals surface area contributed by atoms with E-state index >= 15 is 0 Å². The number of aryl methyl sites for hydroxylation is 1. The lowest BCUT2D eigenvalue weighted by atomic mass is 9.97. The number of hydrogen-bond acceptors (Lipinski definition) is 2. The highest BCUT2D eigenvalue weighted by Gasteiger charge is 2.23. The van der Waals surface area contributed by atoms with E-state index in [2.05, 4.69) is 18.9 Å². The summed E-state index contributed by atoms with van der Waals surface area (Å²) in [7, 11) is 2.07. The standard InChI is InChI=1S/C13H18FNO/c1-3-10-4-5-11(14)8-12(10)13-9-16-7-6-15(13)2/h4-5,8,13H,3,6-7,9H2,1-2H3. The van der Waals surface area contributed by atoms with Crippen molar-refractivity contribution in [3.05, 3.63) is 35.1 Å². The monoisotopic (exact) mass is 223 g/mol. The van der Waals surface area contributed by atoms with Crippen LogP contribution in [0.1, 0.15) is 24.1 Å². The van der Waals surface area contributed by atoms with E-state index in [-0.39, 0.29) is 11.9 Å². The van der Waals surface area contributed by atoms with Crippen molar-refractivity contribution in [3.8, 4) is 0 Å². The lowest BCUT2D eigenvalue weighted by Crippen LogP contribution is -2.37. The molecule has 1 unspecified atom stereocenters. The predicted molar refractivity (Wildman–Crippen MR) is 62.0 cm³/mol. The van der Waals surface area contributed by atoms with Crippen LogP contribution in [0.2, 0.25) is 0 Å². The smallest absolute Gasteiger partial charge is 0.123 e. The molecular weight excluding hydrogens is 205 g/mol. The number of hydrogen-bond donors (Lipinski definition) is 0. The molecule has 2 nitrogen and oxygen atoms in total. The van der Waals surface area contributed by atoms with Gasteiger partial charge in [0.15, 0.2) is 0 Å². The molecular formula is C13H18FNO. The van der Waals surface area contributed by atoms with Crippen molar-refractivity contribution in [1.29, 1.82) is 0 Å². The summed E-state index contributed by atoms with van der Waals surface area (Å²) in [6.45, 7) is 4.43. The van der Waals surface area contributed by atoms with Gasteiger partial charge in [-0.25, -0.2) is 4.39 Å². The van der Waals surface area contributed by atoms with Crippen LogP contribution in [0.25, 0.3) is 0 Å². The zero-order valence-electron chi connectivity index (χ0n) is 9.87. The summed E-state index contributed by atoms with van der Waals surface area (Å²) in [6.07, 6.45) is 0.931. The SMILES string of the molecule is CCc1ccc(F)cc1C1COCCN1C. The molecule has 88 valence electrons. The van der Waals surface area contributed by atoms with E-state index in [4.69, 9.17) is 4.74 Å². The van der Waals surface area contributed by atoms with Gasteiger partial charge >= 0.3 is 0 Å². The number of nitrogens with zero attached hydrogens (tertiary/aromatic N) is 1. The first-order chi connectivity index (χ1) is 7.72. The average molecular weight is 223 g/mol. The second kappa shape index (κ2) is 4.93. The Labute approximate surface area is 96.0 Å². The summed E-state index contributed by atoms with van der Waals surface area (Å²) in [4.78, 5) is 2.23. The van der Waals surface area contributed by atoms with Gasteiger partial charge in [0.25, 0.3) is 0 Å². The quantitative estimate of drug-likeness (QED) is 0.763. The molecule has 1 atom stereocenters. The third-order valence-corrected chi connectivity index (χ3v) is 3.24. The van der Waals surface area contributed by atoms with Gasteiger partial charge in [0.05, 0.1) is 19.3 Å². The molecule has 0 amide bonds. The maximum absolute atomic E-state index is 13.3. The fraction of sp³-hybridized carbons (Fsp3) is 0.538. The summed E-state index contributed by atoms with van der Waals surface area (Å²) < 4.78 is 18.8. The lowest BCUT2D eigenvalue weighted by Gasteiger charge is -2.33. The van der Waals surface area contributed by atoms with Gasteiger partial charge in [0, 0.05) is 6.54 Å². The van der Waals surface area contributed by atoms with Crippen LogP contribution in [-0.2, 0) is 11.2 Å². The van der Waals surface area contributed by atoms with Crippen molar-refractivity contribution in [3.63, 3.8) is 0 Å². The molecule has 0 spiro atoms. The van der Waals surface area contributed by atoms with Gasteiger partial charge in [-0.1, -0.05) is 13.0 Å². The normalized spacial score (nSPS) is 22.3. The molecule has 3 heteroatoms. The first-order valence-corrected chi connectivity index (χ1v) is 5.78. The minimum Gasteiger partial charge on any atom is -0.378 e. The third-order valence-electron chi connectivity index (χ3n) is 3.24. The van der Waals surface area contributed by atoms with E-state index in [1.165, 1.54) is 11.6 Å². The van der Waals surface area contributed by atoms with E-state index in [1.807, 2.05) is 6.07 Å². The van der Waals surface area contributed by atoms with Crippen LogP contribution in [0.15, 0.2) is 18.2 Å². The third kappa shape index (κ3) is 2.25. The zero-order valence-corrected chi connectivity index (χ0v) is 9.87. The summed E-state index contributed by atoms with van der Waals surface area (Å²) in [5.41, 5.74) is 2.29. The van der Waals surface area contributed by atoms with E-state index in [0.29, 0.717) is 6.61 Å². The molecule has 0 aliphatic carbocycles. The fourth-order valence-electron chi connectivity index (χ4n) is 2.21. The van der Waals surface area contributed by atoms with Gasteiger partial charge in [-0.05, 0) is 36.7 Å². The predicted octanol–water partition coefficient (Wildman–Crippen LogP) is 2.39. The number of ether oxygens (including phenoxy) is 1. The Hall–Kier alpha value is -0.930. The van der Waals surface area contributed by atoms with Crippen molar-refractivity contribution >= 4 is 0 Å². The van der Waals surface area contributed by atoms with Crippen LogP contribution in [0.3, 0.4) is 0 Å². The molecule has 16 heavy (non-hydrogen) atoms. The summed E-state index contributed by atoms with van der Waals surface area (Å²) in [5, 5.41) is 0. The highest BCUT2D eigenvalue weighted by Crippen LogP contribution is 2.26. The van der Waals surface area contributed by atoms with Crippen molar-refractivity contribution in [2.24, 2.45) is 0 Å². The van der Waals surface area contributed by atoms with Gasteiger partial charge in [-0.15, -0.1) is 0 Å². The van der Waals surface area contributed by atoms with Crippen LogP contribution in [0, 0.1) is 5.82 Å². The topological polar surface area (TPSA) is 12.5 Å². The molecule has 2 rings (SSSR count). The molecule has 1 fully saturated rings. The number of rotatable bonds is 2. The molecule has 0 bridgehead atoms. The molecule has 1 aliphatic rings. The minimum absolute atomic E-state index is 0.161. The molecule has 0 N–H and O–H groups in total. The number of likely N-dealkylation sites (N-methyl/N-ethyl adjacent to an activating group) is 1. The Morgan fingerprint density at radius 3 is 3.00 bits per heavy atom. The maximum atomic E-state index is 13.3. The molecule has 1 saturated heterocycles. The summed E-state index contributed by atoms with van der Waals surface area (Å²) >= 11 is 0. The largest absolute Gasteiger partial charge is 0.378 e. The first kappa shape index (κ1) is 11.6. The number of morpholine rings is 1. The number of benzene rings is 1. The molecule has 1 aromatic rings. The molecule has 0 aromatic heterocycles. The number of halogens is 1. The summed E-state index contributed by atoms with van der Waals surface area (Å²) in [5.74, 6) is -0.161. The van der Waals surface area contributed by atoms with Gasteiger partial charge in [0.1, 0.15) is 5.82 Å². The second-order valence-corrected chi connectivity index (χ2v) is 4.27. The van der Waals surface area contributed by atoms with Gasteiger partial charge < -0.3 is 4.74 Å². The maximum Gasteiger partial charge on any atom is 0.123 e. The van der Waals surface area contributed by atoms with E-state index in [9.17, 15) is 4.39 Å². The van der Waals surface area contributed by atoms with Crippen LogP contribution in [0.5, 0.6) is 0 Å². The Morgan fingerprint density at radius 1 is 1.50 bits per heavy atom. The Bertz CT molecular complexity index is 367. The van der Waals surface area contributed by atoms with E-state index in [0.717, 1.165) is 25.1 Å². The molecule has 1 aromatic carbocycles. The molecule has 1 aliphatic heterocycles. The average Bonchev–Trinajstić information content (AvgIpc) is 2.29. The van der Waals surface area contributed by atoms with Gasteiger partial charge in [-0.2, -0.15) is 0 Å². The van der Waals surface area contributed by atoms with Crippen molar-refractivity contribution in [2.75, 3.05) is 26.8 Å². The summed E-state index contributed by atoms with van der Waals surface area (Å²) in [6, 6.07) is 5.26. The Morgan fingerprint density at radius 2 is 2.31 bits per heavy atom. The zero-order chi connectivity index (χ0) is 11.5. The van der Waals surface area contributed by atoms with Crippen molar-refractivity contribution in [2.45, 2.75) is 19.4 Å². The molecule has 0 saturated carbocycles. The van der Waals surface area contributed by atoms with Crippen molar-refractivity contribution < 1.29 is 9.13 Å². The Kier molecular flexibility index (Phi) is 3.56. The first-order valence-electron chi connectivity index (χ1n) is 5.78. The van der Waals surface area contributed by atoms with E-state index < -0.39 is 0 Å². The lowest BCUT2D eigenvalue weighted by molar-refractivity contribution is 0.00467. The fourth-order valence-corrected chi connectivity index (χ4v) is 2.21. The van der Waals surface area contributed by atoms with E-state index in [1.54, 1.807) is 6.07 Å². The highest BCUT2D eigenvalue weighted by molar-refractivity contribution is 5.31. The van der Waals surface area contributed by atoms with Crippen LogP contribution >= 0.6 is 0 Å². The molecule has 1 heterocycles. The van der Waals surface area contributed by atoms with Crippen molar-refractivity contribution in [1.82, 2.24) is 4.90 Å². The highest BCUT2D eigenvalue weighted by atomic mass is 19.1. The van der Waals surface area contributed by atoms with Gasteiger partial charge in [-0.3, -0.25) is 4.90 Å².